The molecule has 440 valence electrons. The van der Waals surface area contributed by atoms with Gasteiger partial charge in [0.2, 0.25) is 11.8 Å². The Morgan fingerprint density at radius 2 is 0.762 bits per heavy atom. The number of ether oxygens (including phenoxy) is 2. The van der Waals surface area contributed by atoms with Crippen molar-refractivity contribution in [3.63, 3.8) is 0 Å². The van der Waals surface area contributed by atoms with Crippen LogP contribution in [0, 0.1) is 0 Å². The number of benzene rings is 3. The Balaban J connectivity index is 0.000000191. The van der Waals surface area contributed by atoms with Crippen LogP contribution in [0.4, 0.5) is 0 Å². The van der Waals surface area contributed by atoms with Crippen LogP contribution in [0.15, 0.2) is 128 Å². The van der Waals surface area contributed by atoms with Crippen molar-refractivity contribution < 1.29 is 48.5 Å². The fourth-order valence-corrected chi connectivity index (χ4v) is 8.99. The van der Waals surface area contributed by atoms with E-state index >= 15 is 0 Å². The molecule has 9 rings (SSSR count). The van der Waals surface area contributed by atoms with E-state index in [1.54, 1.807) is 121 Å². The number of pyridine rings is 3. The summed E-state index contributed by atoms with van der Waals surface area (Å²) in [4.78, 5) is 85.6. The maximum absolute atomic E-state index is 12.8. The number of carbonyl (C=O) groups is 6. The SMILES string of the molecule is CN(CCC(=O)O)C(=O)Cc1c(-c2ccc(Cl)cc2)nc2ccc(Cl)cn12.CNCCC(=O)OC.COC(=O)CCN(C)C(=O)Cc1c(-c2ccc(Cl)cc2)nc2ccc(Cl)cn12.O=C(O)Cc1c(-c2ccc(Cl)cc2)nc2ccc(Cl)cn12. The summed E-state index contributed by atoms with van der Waals surface area (Å²) in [6, 6.07) is 32.2. The summed E-state index contributed by atoms with van der Waals surface area (Å²) >= 11 is 36.1. The lowest BCUT2D eigenvalue weighted by atomic mass is 10.1. The molecule has 6 heterocycles. The first-order chi connectivity index (χ1) is 40.1. The van der Waals surface area contributed by atoms with Crippen molar-refractivity contribution in [1.82, 2.24) is 43.3 Å². The molecule has 0 radical (unpaired) electrons. The van der Waals surface area contributed by atoms with E-state index in [1.165, 1.54) is 24.0 Å². The van der Waals surface area contributed by atoms with Crippen LogP contribution < -0.4 is 5.32 Å². The highest BCUT2D eigenvalue weighted by molar-refractivity contribution is 6.32. The van der Waals surface area contributed by atoms with Gasteiger partial charge in [0.1, 0.15) is 16.9 Å². The quantitative estimate of drug-likeness (QED) is 0.0679. The number of aromatic nitrogens is 6. The largest absolute Gasteiger partial charge is 0.481 e. The van der Waals surface area contributed by atoms with Crippen LogP contribution in [0.2, 0.25) is 30.1 Å². The van der Waals surface area contributed by atoms with E-state index in [1.807, 2.05) is 40.8 Å². The number of likely N-dealkylation sites (N-methyl/N-ethyl adjacent to an activating group) is 2. The molecule has 0 aliphatic rings. The lowest BCUT2D eigenvalue weighted by molar-refractivity contribution is -0.142. The molecule has 84 heavy (non-hydrogen) atoms. The number of methoxy groups -OCH3 is 2. The molecule has 19 nitrogen and oxygen atoms in total. The molecule has 3 N–H and O–H groups in total. The summed E-state index contributed by atoms with van der Waals surface area (Å²) in [7, 11) is 7.75. The highest BCUT2D eigenvalue weighted by Crippen LogP contribution is 2.31. The van der Waals surface area contributed by atoms with E-state index in [0.29, 0.717) is 88.5 Å². The van der Waals surface area contributed by atoms with Crippen molar-refractivity contribution in [2.24, 2.45) is 0 Å². The number of rotatable bonds is 18. The van der Waals surface area contributed by atoms with Crippen LogP contribution in [-0.4, -0.2) is 139 Å². The van der Waals surface area contributed by atoms with Crippen LogP contribution in [0.25, 0.3) is 50.7 Å². The average Bonchev–Trinajstić information content (AvgIpc) is 2.53. The number of nitrogens with one attached hydrogen (secondary N) is 1. The van der Waals surface area contributed by atoms with Gasteiger partial charge in [-0.25, -0.2) is 15.0 Å². The van der Waals surface area contributed by atoms with E-state index in [9.17, 15) is 28.8 Å². The number of hydrogen-bond donors (Lipinski definition) is 3. The van der Waals surface area contributed by atoms with Gasteiger partial charge < -0.3 is 48.0 Å². The van der Waals surface area contributed by atoms with Gasteiger partial charge >= 0.3 is 23.9 Å². The van der Waals surface area contributed by atoms with Crippen molar-refractivity contribution in [3.8, 4) is 33.8 Å². The molecule has 0 fully saturated rings. The molecule has 3 aromatic carbocycles. The molecule has 0 spiro atoms. The van der Waals surface area contributed by atoms with Gasteiger partial charge in [-0.3, -0.25) is 28.8 Å². The topological polar surface area (TPSA) is 232 Å². The number of carboxylic acids is 2. The van der Waals surface area contributed by atoms with Gasteiger partial charge in [-0.15, -0.1) is 0 Å². The van der Waals surface area contributed by atoms with E-state index in [0.717, 1.165) is 22.4 Å². The van der Waals surface area contributed by atoms with E-state index in [2.05, 4.69) is 29.7 Å². The molecule has 0 saturated carbocycles. The minimum absolute atomic E-state index is 0.0651. The molecule has 0 unspecified atom stereocenters. The molecular weight excluding hydrogens is 1210 g/mol. The molecular formula is C59H57Cl6N9O10. The lowest BCUT2D eigenvalue weighted by Gasteiger charge is -2.17. The van der Waals surface area contributed by atoms with Crippen LogP contribution >= 0.6 is 69.6 Å². The number of carbonyl (C=O) groups excluding carboxylic acids is 4. The summed E-state index contributed by atoms with van der Waals surface area (Å²) in [5.41, 5.74) is 8.46. The second kappa shape index (κ2) is 31.2. The molecule has 0 saturated heterocycles. The van der Waals surface area contributed by atoms with Gasteiger partial charge in [0.15, 0.2) is 0 Å². The van der Waals surface area contributed by atoms with E-state index in [4.69, 9.17) is 79.8 Å². The fourth-order valence-electron chi connectivity index (χ4n) is 8.13. The minimum Gasteiger partial charge on any atom is -0.481 e. The number of halogens is 6. The van der Waals surface area contributed by atoms with Crippen molar-refractivity contribution >= 4 is 122 Å². The van der Waals surface area contributed by atoms with Crippen molar-refractivity contribution in [3.05, 3.63) is 175 Å². The highest BCUT2D eigenvalue weighted by atomic mass is 35.5. The Morgan fingerprint density at radius 1 is 0.452 bits per heavy atom. The predicted octanol–water partition coefficient (Wildman–Crippen LogP) is 11.4. The Labute approximate surface area is 513 Å². The second-order valence-electron chi connectivity index (χ2n) is 18.4. The second-order valence-corrected chi connectivity index (χ2v) is 21.0. The van der Waals surface area contributed by atoms with E-state index in [-0.39, 0.29) is 68.9 Å². The zero-order valence-corrected chi connectivity index (χ0v) is 50.5. The number of aliphatic carboxylic acids is 2. The average molecular weight is 1260 g/mol. The summed E-state index contributed by atoms with van der Waals surface area (Å²) in [5, 5.41) is 24.2. The third-order valence-electron chi connectivity index (χ3n) is 12.6. The summed E-state index contributed by atoms with van der Waals surface area (Å²) in [6.45, 7) is 1.11. The summed E-state index contributed by atoms with van der Waals surface area (Å²) in [6.07, 6.45) is 5.64. The zero-order chi connectivity index (χ0) is 61.2. The van der Waals surface area contributed by atoms with E-state index < -0.39 is 11.9 Å². The number of nitrogens with zero attached hydrogens (tertiary/aromatic N) is 8. The number of fused-ring (bicyclic) bond motifs is 3. The molecule has 0 aliphatic carbocycles. The normalized spacial score (nSPS) is 10.7. The van der Waals surface area contributed by atoms with Gasteiger partial charge in [0.05, 0.1) is 102 Å². The number of imidazole rings is 3. The van der Waals surface area contributed by atoms with Crippen LogP contribution in [0.3, 0.4) is 0 Å². The standard InChI is InChI=1S/C20H19Cl2N3O3.C19H17Cl2N3O3.C15H10Cl2N2O2.C5H11NO2/c1-24(10-9-19(27)28-2)18(26)11-16-20(13-3-5-14(21)6-4-13)23-17-8-7-15(22)12-25(16)17;1-23(9-8-18(26)27)17(25)10-15-19(12-2-4-13(20)5-3-12)22-16-7-6-14(21)11-24(15)16;16-10-3-1-9(2-4-10)15-12(7-14(20)21)19-8-11(17)5-6-13(19)18-15;1-6-4-3-5(7)8-2/h3-8,12H,9-11H2,1-2H3;2-7,11H,8-10H2,1H3,(H,26,27);1-6,8H,7H2,(H,20,21);6H,3-4H2,1-2H3. The Kier molecular flexibility index (Phi) is 24.3. The number of amides is 2. The molecule has 25 heteroatoms. The molecule has 6 aromatic heterocycles. The first kappa shape index (κ1) is 65.4. The van der Waals surface area contributed by atoms with Crippen LogP contribution in [-0.2, 0) is 57.5 Å². The van der Waals surface area contributed by atoms with Gasteiger partial charge in [-0.2, -0.15) is 0 Å². The zero-order valence-electron chi connectivity index (χ0n) is 46.0. The highest BCUT2D eigenvalue weighted by Gasteiger charge is 2.23. The number of hydrogen-bond acceptors (Lipinski definition) is 12. The third kappa shape index (κ3) is 18.4. The number of carboxylic acid groups (broad SMARTS) is 2. The van der Waals surface area contributed by atoms with Gasteiger partial charge in [-0.05, 0) is 79.8 Å². The summed E-state index contributed by atoms with van der Waals surface area (Å²) in [5.74, 6) is -2.73. The smallest absolute Gasteiger partial charge is 0.309 e. The lowest BCUT2D eigenvalue weighted by Crippen LogP contribution is -2.31. The maximum atomic E-state index is 12.8. The molecule has 2 amide bonds. The van der Waals surface area contributed by atoms with Gasteiger partial charge in [0.25, 0.3) is 0 Å². The predicted molar refractivity (Wildman–Crippen MR) is 325 cm³/mol. The number of esters is 2. The first-order valence-electron chi connectivity index (χ1n) is 25.6. The van der Waals surface area contributed by atoms with Gasteiger partial charge in [0, 0.05) is 84.1 Å². The molecule has 0 atom stereocenters. The molecule has 0 bridgehead atoms. The molecule has 9 aromatic rings. The third-order valence-corrected chi connectivity index (χ3v) is 14.0. The van der Waals surface area contributed by atoms with Crippen molar-refractivity contribution in [2.75, 3.05) is 55.0 Å². The minimum atomic E-state index is -0.946. The van der Waals surface area contributed by atoms with Crippen LogP contribution in [0.1, 0.15) is 36.3 Å². The Bertz CT molecular complexity index is 3780. The van der Waals surface area contributed by atoms with Gasteiger partial charge in [-0.1, -0.05) is 106 Å². The monoisotopic (exact) mass is 1260 g/mol. The Morgan fingerprint density at radius 3 is 1.07 bits per heavy atom. The first-order valence-corrected chi connectivity index (χ1v) is 27.8. The van der Waals surface area contributed by atoms with Crippen LogP contribution in [0.5, 0.6) is 0 Å². The Hall–Kier alpha value is -7.75. The van der Waals surface area contributed by atoms with Crippen molar-refractivity contribution in [2.45, 2.75) is 38.5 Å². The maximum Gasteiger partial charge on any atom is 0.309 e. The molecule has 0 aliphatic heterocycles. The van der Waals surface area contributed by atoms with Crippen molar-refractivity contribution in [1.29, 1.82) is 0 Å². The fraction of sp³-hybridized carbons (Fsp3) is 0.237. The summed E-state index contributed by atoms with van der Waals surface area (Å²) < 4.78 is 14.3.